The van der Waals surface area contributed by atoms with Gasteiger partial charge in [0.05, 0.1) is 7.11 Å². The minimum absolute atomic E-state index is 0.922. The lowest BCUT2D eigenvalue weighted by Gasteiger charge is -2.08. The zero-order valence-corrected chi connectivity index (χ0v) is 13.1. The molecule has 0 aliphatic rings. The average molecular weight is 274 g/mol. The van der Waals surface area contributed by atoms with Crippen LogP contribution in [0.1, 0.15) is 37.9 Å². The highest BCUT2D eigenvalue weighted by Gasteiger charge is 2.14. The van der Waals surface area contributed by atoms with Gasteiger partial charge in [-0.15, -0.1) is 0 Å². The van der Waals surface area contributed by atoms with Crippen LogP contribution < -0.4 is 10.1 Å². The molecular formula is C17H26N2O. The van der Waals surface area contributed by atoms with Gasteiger partial charge in [-0.1, -0.05) is 20.3 Å². The fraction of sp³-hybridized carbons (Fsp3) is 0.529. The van der Waals surface area contributed by atoms with Gasteiger partial charge >= 0.3 is 0 Å². The maximum Gasteiger partial charge on any atom is 0.119 e. The number of hydrogen-bond acceptors (Lipinski definition) is 2. The quantitative estimate of drug-likeness (QED) is 0.829. The smallest absolute Gasteiger partial charge is 0.119 e. The number of benzene rings is 1. The summed E-state index contributed by atoms with van der Waals surface area (Å²) in [6.07, 6.45) is 2.44. The Bertz CT molecular complexity index is 572. The van der Waals surface area contributed by atoms with Gasteiger partial charge in [0.25, 0.3) is 0 Å². The van der Waals surface area contributed by atoms with E-state index in [1.54, 1.807) is 7.11 Å². The van der Waals surface area contributed by atoms with Crippen molar-refractivity contribution in [3.8, 4) is 5.75 Å². The Labute approximate surface area is 121 Å². The number of hydrogen-bond donors (Lipinski definition) is 1. The highest BCUT2D eigenvalue weighted by molar-refractivity contribution is 5.87. The van der Waals surface area contributed by atoms with Crippen LogP contribution in [0, 0.1) is 6.92 Å². The third kappa shape index (κ3) is 2.83. The molecule has 0 saturated carbocycles. The molecule has 2 rings (SSSR count). The monoisotopic (exact) mass is 274 g/mol. The van der Waals surface area contributed by atoms with E-state index < -0.39 is 0 Å². The summed E-state index contributed by atoms with van der Waals surface area (Å²) in [6.45, 7) is 9.62. The van der Waals surface area contributed by atoms with Gasteiger partial charge in [0.15, 0.2) is 0 Å². The van der Waals surface area contributed by atoms with Gasteiger partial charge < -0.3 is 14.6 Å². The van der Waals surface area contributed by atoms with Crippen molar-refractivity contribution in [2.75, 3.05) is 13.7 Å². The van der Waals surface area contributed by atoms with E-state index in [2.05, 4.69) is 48.9 Å². The van der Waals surface area contributed by atoms with Crippen molar-refractivity contribution in [2.45, 2.75) is 46.7 Å². The molecule has 1 aromatic heterocycles. The fourth-order valence-electron chi connectivity index (χ4n) is 2.74. The van der Waals surface area contributed by atoms with E-state index in [1.165, 1.54) is 35.0 Å². The highest BCUT2D eigenvalue weighted by atomic mass is 16.5. The molecule has 1 heterocycles. The van der Waals surface area contributed by atoms with E-state index in [-0.39, 0.29) is 0 Å². The Morgan fingerprint density at radius 1 is 1.25 bits per heavy atom. The number of aryl methyl sites for hydroxylation is 1. The van der Waals surface area contributed by atoms with Crippen molar-refractivity contribution in [2.24, 2.45) is 0 Å². The molecule has 3 heteroatoms. The molecule has 0 unspecified atom stereocenters. The first kappa shape index (κ1) is 14.9. The third-order valence-electron chi connectivity index (χ3n) is 3.95. The van der Waals surface area contributed by atoms with E-state index >= 15 is 0 Å². The van der Waals surface area contributed by atoms with E-state index in [1.807, 2.05) is 0 Å². The van der Waals surface area contributed by atoms with Gasteiger partial charge in [-0.2, -0.15) is 0 Å². The molecule has 20 heavy (non-hydrogen) atoms. The van der Waals surface area contributed by atoms with Crippen LogP contribution >= 0.6 is 0 Å². The molecule has 0 spiro atoms. The van der Waals surface area contributed by atoms with Crippen LogP contribution in [0.15, 0.2) is 18.2 Å². The predicted molar refractivity (Wildman–Crippen MR) is 85.5 cm³/mol. The molecular weight excluding hydrogens is 248 g/mol. The molecule has 1 aromatic carbocycles. The molecule has 0 radical (unpaired) electrons. The van der Waals surface area contributed by atoms with E-state index in [0.717, 1.165) is 25.4 Å². The molecule has 0 amide bonds. The Kier molecular flexibility index (Phi) is 5.07. The molecule has 1 N–H and O–H groups in total. The van der Waals surface area contributed by atoms with Crippen molar-refractivity contribution in [3.05, 3.63) is 29.5 Å². The summed E-state index contributed by atoms with van der Waals surface area (Å²) in [5.74, 6) is 0.933. The minimum Gasteiger partial charge on any atom is -0.497 e. The van der Waals surface area contributed by atoms with Crippen LogP contribution in [0.4, 0.5) is 0 Å². The number of fused-ring (bicyclic) bond motifs is 1. The Hall–Kier alpha value is -1.48. The molecule has 2 aromatic rings. The lowest BCUT2D eigenvalue weighted by Crippen LogP contribution is -2.12. The Morgan fingerprint density at radius 3 is 2.70 bits per heavy atom. The predicted octanol–water partition coefficient (Wildman–Crippen LogP) is 3.87. The first-order chi connectivity index (χ1) is 9.72. The van der Waals surface area contributed by atoms with Crippen molar-refractivity contribution in [1.82, 2.24) is 9.88 Å². The normalized spacial score (nSPS) is 11.2. The SMILES string of the molecule is CCCCn1c(C)c(CNCC)c2cc(OC)ccc21. The van der Waals surface area contributed by atoms with Crippen molar-refractivity contribution < 1.29 is 4.74 Å². The maximum absolute atomic E-state index is 5.38. The number of methoxy groups -OCH3 is 1. The zero-order chi connectivity index (χ0) is 14.5. The minimum atomic E-state index is 0.922. The summed E-state index contributed by atoms with van der Waals surface area (Å²) in [7, 11) is 1.73. The van der Waals surface area contributed by atoms with Gasteiger partial charge in [0, 0.05) is 29.7 Å². The Balaban J connectivity index is 2.52. The summed E-state index contributed by atoms with van der Waals surface area (Å²) in [5, 5.41) is 4.77. The largest absolute Gasteiger partial charge is 0.497 e. The first-order valence-corrected chi connectivity index (χ1v) is 7.59. The zero-order valence-electron chi connectivity index (χ0n) is 13.1. The average Bonchev–Trinajstić information content (AvgIpc) is 2.74. The molecule has 3 nitrogen and oxygen atoms in total. The van der Waals surface area contributed by atoms with Crippen LogP contribution in [0.2, 0.25) is 0 Å². The number of aromatic nitrogens is 1. The molecule has 0 fully saturated rings. The van der Waals surface area contributed by atoms with Crippen molar-refractivity contribution in [3.63, 3.8) is 0 Å². The molecule has 0 bridgehead atoms. The fourth-order valence-corrected chi connectivity index (χ4v) is 2.74. The molecule has 0 saturated heterocycles. The second-order valence-electron chi connectivity index (χ2n) is 5.23. The number of nitrogens with zero attached hydrogens (tertiary/aromatic N) is 1. The number of rotatable bonds is 7. The second kappa shape index (κ2) is 6.80. The summed E-state index contributed by atoms with van der Waals surface area (Å²) in [5.41, 5.74) is 4.10. The molecule has 0 atom stereocenters. The summed E-state index contributed by atoms with van der Waals surface area (Å²) < 4.78 is 7.83. The number of nitrogens with one attached hydrogen (secondary N) is 1. The van der Waals surface area contributed by atoms with Gasteiger partial charge in [0.2, 0.25) is 0 Å². The maximum atomic E-state index is 5.38. The molecule has 0 aliphatic carbocycles. The van der Waals surface area contributed by atoms with Crippen molar-refractivity contribution in [1.29, 1.82) is 0 Å². The first-order valence-electron chi connectivity index (χ1n) is 7.59. The molecule has 110 valence electrons. The van der Waals surface area contributed by atoms with Gasteiger partial charge in [-0.25, -0.2) is 0 Å². The lowest BCUT2D eigenvalue weighted by molar-refractivity contribution is 0.415. The second-order valence-corrected chi connectivity index (χ2v) is 5.23. The Morgan fingerprint density at radius 2 is 2.05 bits per heavy atom. The van der Waals surface area contributed by atoms with Crippen LogP contribution in [0.25, 0.3) is 10.9 Å². The topological polar surface area (TPSA) is 26.2 Å². The van der Waals surface area contributed by atoms with Gasteiger partial charge in [0.1, 0.15) is 5.75 Å². The highest BCUT2D eigenvalue weighted by Crippen LogP contribution is 2.29. The van der Waals surface area contributed by atoms with Crippen LogP contribution in [-0.4, -0.2) is 18.2 Å². The number of ether oxygens (including phenoxy) is 1. The summed E-state index contributed by atoms with van der Waals surface area (Å²) >= 11 is 0. The van der Waals surface area contributed by atoms with E-state index in [0.29, 0.717) is 0 Å². The third-order valence-corrected chi connectivity index (χ3v) is 3.95. The summed E-state index contributed by atoms with van der Waals surface area (Å²) in [6, 6.07) is 6.41. The van der Waals surface area contributed by atoms with E-state index in [4.69, 9.17) is 4.74 Å². The van der Waals surface area contributed by atoms with Crippen molar-refractivity contribution >= 4 is 10.9 Å². The van der Waals surface area contributed by atoms with Crippen LogP contribution in [0.5, 0.6) is 5.75 Å². The summed E-state index contributed by atoms with van der Waals surface area (Å²) in [4.78, 5) is 0. The van der Waals surface area contributed by atoms with Gasteiger partial charge in [-0.3, -0.25) is 0 Å². The standard InChI is InChI=1S/C17H26N2O/c1-5-7-10-19-13(3)16(12-18-6-2)15-11-14(20-4)8-9-17(15)19/h8-9,11,18H,5-7,10,12H2,1-4H3. The van der Waals surface area contributed by atoms with E-state index in [9.17, 15) is 0 Å². The van der Waals surface area contributed by atoms with Crippen LogP contribution in [-0.2, 0) is 13.1 Å². The van der Waals surface area contributed by atoms with Gasteiger partial charge in [-0.05, 0) is 43.7 Å². The van der Waals surface area contributed by atoms with Crippen LogP contribution in [0.3, 0.4) is 0 Å². The lowest BCUT2D eigenvalue weighted by atomic mass is 10.1. The molecule has 0 aliphatic heterocycles. The number of unbranched alkanes of at least 4 members (excludes halogenated alkanes) is 1.